The van der Waals surface area contributed by atoms with Crippen LogP contribution < -0.4 is 15.0 Å². The molecule has 0 aromatic heterocycles. The van der Waals surface area contributed by atoms with Gasteiger partial charge < -0.3 is 24.8 Å². The third kappa shape index (κ3) is 9.77. The second-order valence-corrected chi connectivity index (χ2v) is 12.7. The molecule has 0 aliphatic carbocycles. The number of carbonyl (C=O) groups excluding carboxylic acids is 2. The Morgan fingerprint density at radius 3 is 2.16 bits per heavy atom. The van der Waals surface area contributed by atoms with Crippen molar-refractivity contribution in [2.75, 3.05) is 44.2 Å². The normalized spacial score (nSPS) is 16.8. The van der Waals surface area contributed by atoms with Crippen molar-refractivity contribution in [3.63, 3.8) is 0 Å². The lowest BCUT2D eigenvalue weighted by molar-refractivity contribution is -0.137. The minimum atomic E-state index is -0.210. The Balaban J connectivity index is 1.34. The third-order valence-electron chi connectivity index (χ3n) is 8.82. The number of allylic oxidation sites excluding steroid dienone is 1. The second-order valence-electron chi connectivity index (χ2n) is 12.7. The van der Waals surface area contributed by atoms with Gasteiger partial charge in [0.2, 0.25) is 5.91 Å². The standard InChI is InChI=1S/C36H52N4O3/c1-28(2)18-25-40(31-14-16-33(17-15-31)43-27-30-12-8-7-9-13-30)32-19-23-38(24-20-32)35(41)34(29(3)4)26-37-36(42)39-21-10-5-6-11-22-39/h7-9,12-18,29,32,34H,5-6,10-11,19-27H2,1-4H3,(H,37,42)/t34-/m1/s1. The summed E-state index contributed by atoms with van der Waals surface area (Å²) >= 11 is 0. The number of hydrogen-bond acceptors (Lipinski definition) is 4. The molecule has 2 aromatic carbocycles. The van der Waals surface area contributed by atoms with Crippen LogP contribution in [0.4, 0.5) is 10.5 Å². The topological polar surface area (TPSA) is 65.1 Å². The maximum absolute atomic E-state index is 13.7. The van der Waals surface area contributed by atoms with Gasteiger partial charge in [0, 0.05) is 51.0 Å². The fraction of sp³-hybridized carbons (Fsp3) is 0.556. The van der Waals surface area contributed by atoms with Crippen LogP contribution in [-0.4, -0.2) is 67.0 Å². The van der Waals surface area contributed by atoms with Gasteiger partial charge in [-0.1, -0.05) is 68.7 Å². The van der Waals surface area contributed by atoms with Gasteiger partial charge in [0.05, 0.1) is 5.92 Å². The maximum atomic E-state index is 13.7. The molecule has 7 nitrogen and oxygen atoms in total. The highest BCUT2D eigenvalue weighted by molar-refractivity contribution is 5.81. The Labute approximate surface area is 259 Å². The van der Waals surface area contributed by atoms with E-state index in [4.69, 9.17) is 4.74 Å². The van der Waals surface area contributed by atoms with Gasteiger partial charge in [-0.3, -0.25) is 4.79 Å². The highest BCUT2D eigenvalue weighted by Gasteiger charge is 2.32. The molecule has 7 heteroatoms. The van der Waals surface area contributed by atoms with Crippen LogP contribution in [0, 0.1) is 11.8 Å². The molecule has 0 saturated carbocycles. The molecule has 0 spiro atoms. The summed E-state index contributed by atoms with van der Waals surface area (Å²) in [5, 5.41) is 3.09. The van der Waals surface area contributed by atoms with Crippen LogP contribution in [0.15, 0.2) is 66.2 Å². The van der Waals surface area contributed by atoms with E-state index < -0.39 is 0 Å². The molecule has 1 atom stereocenters. The van der Waals surface area contributed by atoms with Gasteiger partial charge in [0.1, 0.15) is 12.4 Å². The number of ether oxygens (including phenoxy) is 1. The molecule has 2 aliphatic rings. The number of nitrogens with one attached hydrogen (secondary N) is 1. The second kappa shape index (κ2) is 16.4. The van der Waals surface area contributed by atoms with Gasteiger partial charge in [-0.2, -0.15) is 0 Å². The zero-order chi connectivity index (χ0) is 30.6. The Kier molecular flexibility index (Phi) is 12.4. The van der Waals surface area contributed by atoms with E-state index in [0.29, 0.717) is 19.2 Å². The monoisotopic (exact) mass is 588 g/mol. The first kappa shape index (κ1) is 32.4. The predicted octanol–water partition coefficient (Wildman–Crippen LogP) is 6.89. The number of piperidine rings is 1. The zero-order valence-electron chi connectivity index (χ0n) is 26.8. The summed E-state index contributed by atoms with van der Waals surface area (Å²) in [7, 11) is 0. The number of hydrogen-bond donors (Lipinski definition) is 1. The minimum absolute atomic E-state index is 0.0227. The van der Waals surface area contributed by atoms with Crippen LogP contribution in [0.2, 0.25) is 0 Å². The SMILES string of the molecule is CC(C)=CCN(c1ccc(OCc2ccccc2)cc1)C1CCN(C(=O)[C@H](CNC(=O)N2CCCCCC2)C(C)C)CC1. The van der Waals surface area contributed by atoms with E-state index in [-0.39, 0.29) is 23.8 Å². The molecule has 2 heterocycles. The van der Waals surface area contributed by atoms with Gasteiger partial charge in [-0.25, -0.2) is 4.79 Å². The first-order valence-electron chi connectivity index (χ1n) is 16.3. The number of amides is 3. The van der Waals surface area contributed by atoms with Crippen LogP contribution in [-0.2, 0) is 11.4 Å². The van der Waals surface area contributed by atoms with Crippen molar-refractivity contribution in [3.05, 3.63) is 71.8 Å². The van der Waals surface area contributed by atoms with Crippen molar-refractivity contribution in [2.24, 2.45) is 11.8 Å². The van der Waals surface area contributed by atoms with E-state index in [1.54, 1.807) is 0 Å². The quantitative estimate of drug-likeness (QED) is 0.291. The molecule has 1 N–H and O–H groups in total. The molecule has 4 rings (SSSR count). The molecule has 0 radical (unpaired) electrons. The fourth-order valence-electron chi connectivity index (χ4n) is 6.04. The first-order chi connectivity index (χ1) is 20.8. The summed E-state index contributed by atoms with van der Waals surface area (Å²) in [4.78, 5) is 32.9. The summed E-state index contributed by atoms with van der Waals surface area (Å²) < 4.78 is 6.02. The van der Waals surface area contributed by atoms with Gasteiger partial charge >= 0.3 is 6.03 Å². The molecule has 2 saturated heterocycles. The van der Waals surface area contributed by atoms with E-state index in [0.717, 1.165) is 69.7 Å². The summed E-state index contributed by atoms with van der Waals surface area (Å²) in [5.74, 6) is 0.974. The molecule has 2 fully saturated rings. The molecule has 0 bridgehead atoms. The van der Waals surface area contributed by atoms with E-state index >= 15 is 0 Å². The molecule has 3 amide bonds. The molecule has 2 aliphatic heterocycles. The number of anilines is 1. The molecular weight excluding hydrogens is 536 g/mol. The molecule has 43 heavy (non-hydrogen) atoms. The number of likely N-dealkylation sites (tertiary alicyclic amines) is 2. The Hall–Kier alpha value is -3.48. The van der Waals surface area contributed by atoms with Crippen LogP contribution in [0.3, 0.4) is 0 Å². The van der Waals surface area contributed by atoms with E-state index in [2.05, 4.69) is 80.4 Å². The van der Waals surface area contributed by atoms with E-state index in [1.807, 2.05) is 28.0 Å². The maximum Gasteiger partial charge on any atom is 0.317 e. The third-order valence-corrected chi connectivity index (χ3v) is 8.82. The first-order valence-corrected chi connectivity index (χ1v) is 16.3. The van der Waals surface area contributed by atoms with E-state index in [9.17, 15) is 9.59 Å². The zero-order valence-corrected chi connectivity index (χ0v) is 26.8. The Morgan fingerprint density at radius 2 is 1.56 bits per heavy atom. The van der Waals surface area contributed by atoms with Crippen LogP contribution in [0.5, 0.6) is 5.75 Å². The lowest BCUT2D eigenvalue weighted by Gasteiger charge is -2.41. The Bertz CT molecular complexity index is 1160. The average molecular weight is 589 g/mol. The van der Waals surface area contributed by atoms with Gasteiger partial charge in [0.25, 0.3) is 0 Å². The highest BCUT2D eigenvalue weighted by atomic mass is 16.5. The van der Waals surface area contributed by atoms with E-state index in [1.165, 1.54) is 24.1 Å². The molecule has 2 aromatic rings. The number of benzene rings is 2. The lowest BCUT2D eigenvalue weighted by Crippen LogP contribution is -2.51. The number of urea groups is 1. The van der Waals surface area contributed by atoms with Crippen molar-refractivity contribution in [3.8, 4) is 5.75 Å². The highest BCUT2D eigenvalue weighted by Crippen LogP contribution is 2.28. The van der Waals surface area contributed by atoms with Crippen LogP contribution >= 0.6 is 0 Å². The number of nitrogens with zero attached hydrogens (tertiary/aromatic N) is 3. The lowest BCUT2D eigenvalue weighted by atomic mass is 9.92. The Morgan fingerprint density at radius 1 is 0.907 bits per heavy atom. The van der Waals surface area contributed by atoms with Gasteiger partial charge in [-0.05, 0) is 75.3 Å². The van der Waals surface area contributed by atoms with Gasteiger partial charge in [0.15, 0.2) is 0 Å². The largest absolute Gasteiger partial charge is 0.489 e. The van der Waals surface area contributed by atoms with Crippen molar-refractivity contribution < 1.29 is 14.3 Å². The average Bonchev–Trinajstić information content (AvgIpc) is 3.31. The minimum Gasteiger partial charge on any atom is -0.489 e. The van der Waals surface area contributed by atoms with Crippen molar-refractivity contribution in [1.29, 1.82) is 0 Å². The summed E-state index contributed by atoms with van der Waals surface area (Å²) in [6, 6.07) is 18.9. The van der Waals surface area contributed by atoms with Crippen molar-refractivity contribution in [2.45, 2.75) is 78.9 Å². The number of rotatable bonds is 11. The van der Waals surface area contributed by atoms with Crippen LogP contribution in [0.25, 0.3) is 0 Å². The van der Waals surface area contributed by atoms with Crippen molar-refractivity contribution in [1.82, 2.24) is 15.1 Å². The summed E-state index contributed by atoms with van der Waals surface area (Å²) in [6.45, 7) is 13.3. The van der Waals surface area contributed by atoms with Gasteiger partial charge in [-0.15, -0.1) is 0 Å². The molecular formula is C36H52N4O3. The molecule has 234 valence electrons. The smallest absolute Gasteiger partial charge is 0.317 e. The summed E-state index contributed by atoms with van der Waals surface area (Å²) in [6.07, 6.45) is 8.61. The fourth-order valence-corrected chi connectivity index (χ4v) is 6.04. The molecule has 0 unspecified atom stereocenters. The van der Waals surface area contributed by atoms with Crippen LogP contribution in [0.1, 0.15) is 71.8 Å². The predicted molar refractivity (Wildman–Crippen MR) is 175 cm³/mol. The number of carbonyl (C=O) groups is 2. The summed E-state index contributed by atoms with van der Waals surface area (Å²) in [5.41, 5.74) is 3.62. The van der Waals surface area contributed by atoms with Crippen molar-refractivity contribution >= 4 is 17.6 Å².